The summed E-state index contributed by atoms with van der Waals surface area (Å²) < 4.78 is 27.5. The number of ether oxygens (including phenoxy) is 1. The lowest BCUT2D eigenvalue weighted by Crippen LogP contribution is -2.15. The molecule has 1 heterocycles. The number of nitro groups is 1. The molecule has 0 saturated heterocycles. The lowest BCUT2D eigenvalue weighted by molar-refractivity contribution is -0.390. The molecule has 92 valence electrons. The Balaban J connectivity index is 2.44. The Labute approximate surface area is 96.6 Å². The van der Waals surface area contributed by atoms with E-state index in [1.165, 1.54) is 0 Å². The summed E-state index contributed by atoms with van der Waals surface area (Å²) >= 11 is 0. The number of aromatic nitrogens is 1. The summed E-state index contributed by atoms with van der Waals surface area (Å²) in [6.07, 6.45) is 1.69. The van der Waals surface area contributed by atoms with Gasteiger partial charge in [0.05, 0.1) is 12.2 Å². The van der Waals surface area contributed by atoms with Crippen molar-refractivity contribution < 1.29 is 18.1 Å². The molecular weight excluding hydrogens is 250 g/mol. The smallest absolute Gasteiger partial charge is 0.368 e. The normalized spacial score (nSPS) is 15.6. The number of nitrogens with two attached hydrogens (primary N) is 1. The number of pyridine rings is 1. The van der Waals surface area contributed by atoms with Gasteiger partial charge in [0.1, 0.15) is 5.75 Å². The van der Waals surface area contributed by atoms with Crippen LogP contribution in [0.25, 0.3) is 0 Å². The van der Waals surface area contributed by atoms with Gasteiger partial charge >= 0.3 is 5.82 Å². The van der Waals surface area contributed by atoms with E-state index in [9.17, 15) is 18.5 Å². The average Bonchev–Trinajstić information content (AvgIpc) is 2.99. The van der Waals surface area contributed by atoms with Crippen LogP contribution in [0.1, 0.15) is 12.8 Å². The largest absolute Gasteiger partial charge is 0.490 e. The number of sulfonamides is 1. The minimum absolute atomic E-state index is 0.00895. The van der Waals surface area contributed by atoms with Gasteiger partial charge in [0, 0.05) is 6.07 Å². The number of primary sulfonamides is 1. The maximum Gasteiger partial charge on any atom is 0.368 e. The van der Waals surface area contributed by atoms with E-state index in [0.29, 0.717) is 0 Å². The molecule has 1 saturated carbocycles. The Morgan fingerprint density at radius 2 is 2.12 bits per heavy atom. The van der Waals surface area contributed by atoms with Crippen molar-refractivity contribution in [3.05, 3.63) is 22.2 Å². The molecule has 17 heavy (non-hydrogen) atoms. The first-order chi connectivity index (χ1) is 7.86. The van der Waals surface area contributed by atoms with Gasteiger partial charge in [0.15, 0.2) is 0 Å². The minimum atomic E-state index is -4.09. The van der Waals surface area contributed by atoms with Crippen LogP contribution in [-0.2, 0) is 10.0 Å². The molecule has 0 bridgehead atoms. The summed E-state index contributed by atoms with van der Waals surface area (Å²) in [6.45, 7) is 0. The molecule has 0 amide bonds. The Bertz CT molecular complexity index is 567. The van der Waals surface area contributed by atoms with E-state index in [1.807, 2.05) is 0 Å². The highest BCUT2D eigenvalue weighted by Crippen LogP contribution is 2.29. The number of hydrogen-bond acceptors (Lipinski definition) is 6. The highest BCUT2D eigenvalue weighted by Gasteiger charge is 2.27. The van der Waals surface area contributed by atoms with Crippen molar-refractivity contribution in [1.82, 2.24) is 4.98 Å². The molecule has 2 rings (SSSR count). The average molecular weight is 259 g/mol. The molecule has 0 radical (unpaired) electrons. The van der Waals surface area contributed by atoms with Gasteiger partial charge in [-0.25, -0.2) is 13.6 Å². The van der Waals surface area contributed by atoms with E-state index in [-0.39, 0.29) is 11.9 Å². The van der Waals surface area contributed by atoms with Crippen LogP contribution in [0.4, 0.5) is 5.82 Å². The van der Waals surface area contributed by atoms with Crippen LogP contribution in [-0.4, -0.2) is 24.4 Å². The van der Waals surface area contributed by atoms with Crippen LogP contribution in [0.2, 0.25) is 0 Å². The van der Waals surface area contributed by atoms with Gasteiger partial charge in [0.2, 0.25) is 0 Å². The second-order valence-corrected chi connectivity index (χ2v) is 5.13. The van der Waals surface area contributed by atoms with Crippen LogP contribution in [0, 0.1) is 10.1 Å². The van der Waals surface area contributed by atoms with Crippen LogP contribution < -0.4 is 9.88 Å². The van der Waals surface area contributed by atoms with Crippen molar-refractivity contribution in [1.29, 1.82) is 0 Å². The molecule has 0 aromatic carbocycles. The predicted octanol–water partition coefficient (Wildman–Crippen LogP) is 0.178. The van der Waals surface area contributed by atoms with E-state index >= 15 is 0 Å². The quantitative estimate of drug-likeness (QED) is 0.607. The maximum absolute atomic E-state index is 11.1. The maximum atomic E-state index is 11.1. The molecule has 1 aliphatic carbocycles. The van der Waals surface area contributed by atoms with Crippen molar-refractivity contribution >= 4 is 15.8 Å². The van der Waals surface area contributed by atoms with Gasteiger partial charge in [0.25, 0.3) is 15.0 Å². The van der Waals surface area contributed by atoms with Crippen molar-refractivity contribution in [2.24, 2.45) is 5.14 Å². The fourth-order valence-electron chi connectivity index (χ4n) is 1.15. The van der Waals surface area contributed by atoms with Gasteiger partial charge < -0.3 is 14.9 Å². The first-order valence-corrected chi connectivity index (χ1v) is 6.27. The topological polar surface area (TPSA) is 125 Å². The Morgan fingerprint density at radius 3 is 2.59 bits per heavy atom. The first kappa shape index (κ1) is 11.7. The number of hydrogen-bond donors (Lipinski definition) is 1. The van der Waals surface area contributed by atoms with E-state index in [1.54, 1.807) is 0 Å². The van der Waals surface area contributed by atoms with Gasteiger partial charge in [-0.3, -0.25) is 0 Å². The fourth-order valence-corrected chi connectivity index (χ4v) is 1.65. The molecule has 1 fully saturated rings. The molecule has 0 atom stereocenters. The van der Waals surface area contributed by atoms with Gasteiger partial charge in [-0.05, 0) is 22.7 Å². The molecule has 8 nitrogen and oxygen atoms in total. The molecular formula is C8H9N3O5S. The van der Waals surface area contributed by atoms with Crippen molar-refractivity contribution in [3.8, 4) is 5.75 Å². The molecule has 0 spiro atoms. The molecule has 0 unspecified atom stereocenters. The third-order valence-corrected chi connectivity index (χ3v) is 2.86. The lowest BCUT2D eigenvalue weighted by atomic mass is 10.4. The van der Waals surface area contributed by atoms with E-state index < -0.39 is 25.8 Å². The van der Waals surface area contributed by atoms with Crippen LogP contribution in [0.3, 0.4) is 0 Å². The summed E-state index contributed by atoms with van der Waals surface area (Å²) in [6, 6.07) is 2.16. The van der Waals surface area contributed by atoms with Crippen molar-refractivity contribution in [2.75, 3.05) is 0 Å². The minimum Gasteiger partial charge on any atom is -0.490 e. The monoisotopic (exact) mass is 259 g/mol. The Hall–Kier alpha value is -1.74. The van der Waals surface area contributed by atoms with Crippen molar-refractivity contribution in [2.45, 2.75) is 24.0 Å². The van der Waals surface area contributed by atoms with E-state index in [2.05, 4.69) is 4.98 Å². The number of nitrogens with zero attached hydrogens (tertiary/aromatic N) is 2. The molecule has 1 aliphatic rings. The van der Waals surface area contributed by atoms with Gasteiger partial charge in [-0.1, -0.05) is 0 Å². The highest BCUT2D eigenvalue weighted by molar-refractivity contribution is 7.89. The molecule has 2 N–H and O–H groups in total. The summed E-state index contributed by atoms with van der Waals surface area (Å²) in [5.41, 5.74) is 0. The van der Waals surface area contributed by atoms with Crippen LogP contribution in [0.5, 0.6) is 5.75 Å². The van der Waals surface area contributed by atoms with Crippen LogP contribution in [0.15, 0.2) is 17.2 Å². The van der Waals surface area contributed by atoms with E-state index in [0.717, 1.165) is 25.0 Å². The predicted molar refractivity (Wildman–Crippen MR) is 55.9 cm³/mol. The summed E-state index contributed by atoms with van der Waals surface area (Å²) in [7, 11) is -4.09. The molecule has 0 aliphatic heterocycles. The Kier molecular flexibility index (Phi) is 2.71. The molecule has 1 aromatic rings. The summed E-state index contributed by atoms with van der Waals surface area (Å²) in [5.74, 6) is -0.509. The Morgan fingerprint density at radius 1 is 1.47 bits per heavy atom. The summed E-state index contributed by atoms with van der Waals surface area (Å²) in [5, 5.41) is 14.9. The standard InChI is InChI=1S/C8H9N3O5S/c9-17(14,15)8-4-6(16-5-1-2-5)3-7(10-8)11(12)13/h3-5H,1-2H2,(H2,9,14,15). The lowest BCUT2D eigenvalue weighted by Gasteiger charge is -2.04. The zero-order valence-electron chi connectivity index (χ0n) is 8.57. The summed E-state index contributed by atoms with van der Waals surface area (Å²) in [4.78, 5) is 13.1. The zero-order chi connectivity index (χ0) is 12.6. The van der Waals surface area contributed by atoms with Crippen LogP contribution >= 0.6 is 0 Å². The second-order valence-electron chi connectivity index (χ2n) is 3.62. The van der Waals surface area contributed by atoms with Crippen molar-refractivity contribution in [3.63, 3.8) is 0 Å². The van der Waals surface area contributed by atoms with Gasteiger partial charge in [-0.15, -0.1) is 0 Å². The SMILES string of the molecule is NS(=O)(=O)c1cc(OC2CC2)cc([N+](=O)[O-])n1. The molecule has 1 aromatic heterocycles. The second kappa shape index (κ2) is 3.93. The number of rotatable bonds is 4. The third-order valence-electron chi connectivity index (χ3n) is 2.07. The van der Waals surface area contributed by atoms with Gasteiger partial charge in [-0.2, -0.15) is 0 Å². The fraction of sp³-hybridized carbons (Fsp3) is 0.375. The first-order valence-electron chi connectivity index (χ1n) is 4.72. The highest BCUT2D eigenvalue weighted by atomic mass is 32.2. The van der Waals surface area contributed by atoms with E-state index in [4.69, 9.17) is 9.88 Å². The molecule has 9 heteroatoms. The third kappa shape index (κ3) is 2.88. The zero-order valence-corrected chi connectivity index (χ0v) is 9.38.